The maximum Gasteiger partial charge on any atom is 0.123 e. The van der Waals surface area contributed by atoms with Gasteiger partial charge in [0.25, 0.3) is 0 Å². The molecule has 0 saturated carbocycles. The van der Waals surface area contributed by atoms with Crippen molar-refractivity contribution in [3.8, 4) is 0 Å². The molecular weight excluding hydrogens is 203 g/mol. The maximum absolute atomic E-state index is 12.9. The summed E-state index contributed by atoms with van der Waals surface area (Å²) in [5.41, 5.74) is 2.32. The van der Waals surface area contributed by atoms with Crippen molar-refractivity contribution < 1.29 is 9.50 Å². The Bertz CT molecular complexity index is 479. The summed E-state index contributed by atoms with van der Waals surface area (Å²) in [6, 6.07) is 13.8. The van der Waals surface area contributed by atoms with Crippen molar-refractivity contribution in [2.24, 2.45) is 0 Å². The van der Waals surface area contributed by atoms with Crippen LogP contribution in [0.3, 0.4) is 0 Å². The Morgan fingerprint density at radius 1 is 1.06 bits per heavy atom. The first-order valence-electron chi connectivity index (χ1n) is 5.17. The molecule has 2 heteroatoms. The SMILES string of the molecule is Cc1cc(F)ccc1C(O)c1ccccc1. The van der Waals surface area contributed by atoms with Gasteiger partial charge in [0.1, 0.15) is 11.9 Å². The van der Waals surface area contributed by atoms with Gasteiger partial charge in [-0.1, -0.05) is 36.4 Å². The molecule has 2 aromatic carbocycles. The van der Waals surface area contributed by atoms with Gasteiger partial charge in [-0.3, -0.25) is 0 Å². The van der Waals surface area contributed by atoms with Gasteiger partial charge in [0, 0.05) is 0 Å². The highest BCUT2D eigenvalue weighted by Crippen LogP contribution is 2.24. The number of hydrogen-bond donors (Lipinski definition) is 1. The summed E-state index contributed by atoms with van der Waals surface area (Å²) in [6.45, 7) is 1.80. The van der Waals surface area contributed by atoms with Gasteiger partial charge in [0.2, 0.25) is 0 Å². The van der Waals surface area contributed by atoms with Gasteiger partial charge in [0.05, 0.1) is 0 Å². The second-order valence-electron chi connectivity index (χ2n) is 3.81. The van der Waals surface area contributed by atoms with Crippen LogP contribution < -0.4 is 0 Å². The van der Waals surface area contributed by atoms with Crippen LogP contribution in [0.1, 0.15) is 22.8 Å². The smallest absolute Gasteiger partial charge is 0.123 e. The third-order valence-corrected chi connectivity index (χ3v) is 2.64. The molecule has 2 rings (SSSR count). The monoisotopic (exact) mass is 216 g/mol. The molecule has 0 saturated heterocycles. The minimum Gasteiger partial charge on any atom is -0.384 e. The van der Waals surface area contributed by atoms with Crippen LogP contribution in [0.2, 0.25) is 0 Å². The minimum absolute atomic E-state index is 0.276. The van der Waals surface area contributed by atoms with E-state index in [2.05, 4.69) is 0 Å². The Morgan fingerprint density at radius 3 is 2.38 bits per heavy atom. The van der Waals surface area contributed by atoms with Crippen molar-refractivity contribution in [1.82, 2.24) is 0 Å². The molecule has 0 aliphatic carbocycles. The summed E-state index contributed by atoms with van der Waals surface area (Å²) in [5.74, 6) is -0.276. The Labute approximate surface area is 94.2 Å². The van der Waals surface area contributed by atoms with Gasteiger partial charge in [0.15, 0.2) is 0 Å². The first kappa shape index (κ1) is 10.8. The van der Waals surface area contributed by atoms with E-state index in [4.69, 9.17) is 0 Å². The number of aliphatic hydroxyl groups excluding tert-OH is 1. The predicted octanol–water partition coefficient (Wildman–Crippen LogP) is 3.22. The van der Waals surface area contributed by atoms with Crippen molar-refractivity contribution in [3.63, 3.8) is 0 Å². The number of halogens is 1. The molecule has 0 aliphatic heterocycles. The van der Waals surface area contributed by atoms with E-state index < -0.39 is 6.10 Å². The van der Waals surface area contributed by atoms with Crippen LogP contribution in [-0.4, -0.2) is 5.11 Å². The van der Waals surface area contributed by atoms with Crippen molar-refractivity contribution in [2.45, 2.75) is 13.0 Å². The Kier molecular flexibility index (Phi) is 3.02. The number of aryl methyl sites for hydroxylation is 1. The zero-order chi connectivity index (χ0) is 11.5. The van der Waals surface area contributed by atoms with Crippen LogP contribution in [0.5, 0.6) is 0 Å². The lowest BCUT2D eigenvalue weighted by Crippen LogP contribution is -2.02. The van der Waals surface area contributed by atoms with Crippen LogP contribution in [-0.2, 0) is 0 Å². The lowest BCUT2D eigenvalue weighted by molar-refractivity contribution is 0.219. The summed E-state index contributed by atoms with van der Waals surface area (Å²) >= 11 is 0. The van der Waals surface area contributed by atoms with Crippen LogP contribution >= 0.6 is 0 Å². The molecule has 0 heterocycles. The number of aliphatic hydroxyl groups is 1. The van der Waals surface area contributed by atoms with Gasteiger partial charge in [-0.15, -0.1) is 0 Å². The zero-order valence-electron chi connectivity index (χ0n) is 9.02. The largest absolute Gasteiger partial charge is 0.384 e. The zero-order valence-corrected chi connectivity index (χ0v) is 9.02. The minimum atomic E-state index is -0.693. The molecule has 0 radical (unpaired) electrons. The Hall–Kier alpha value is -1.67. The van der Waals surface area contributed by atoms with Gasteiger partial charge in [-0.25, -0.2) is 4.39 Å². The number of rotatable bonds is 2. The van der Waals surface area contributed by atoms with E-state index in [9.17, 15) is 9.50 Å². The van der Waals surface area contributed by atoms with E-state index in [1.165, 1.54) is 12.1 Å². The van der Waals surface area contributed by atoms with Gasteiger partial charge < -0.3 is 5.11 Å². The molecule has 0 bridgehead atoms. The molecule has 1 N–H and O–H groups in total. The molecule has 1 nitrogen and oxygen atoms in total. The lowest BCUT2D eigenvalue weighted by atomic mass is 9.97. The molecule has 1 atom stereocenters. The topological polar surface area (TPSA) is 20.2 Å². The van der Waals surface area contributed by atoms with Gasteiger partial charge in [-0.05, 0) is 35.7 Å². The quantitative estimate of drug-likeness (QED) is 0.817. The van der Waals surface area contributed by atoms with Crippen LogP contribution in [0.4, 0.5) is 4.39 Å². The third-order valence-electron chi connectivity index (χ3n) is 2.64. The molecule has 16 heavy (non-hydrogen) atoms. The van der Waals surface area contributed by atoms with Crippen molar-refractivity contribution >= 4 is 0 Å². The van der Waals surface area contributed by atoms with Crippen LogP contribution in [0.15, 0.2) is 48.5 Å². The average Bonchev–Trinajstić information content (AvgIpc) is 2.29. The van der Waals surface area contributed by atoms with Gasteiger partial charge >= 0.3 is 0 Å². The Balaban J connectivity index is 2.38. The highest BCUT2D eigenvalue weighted by molar-refractivity contribution is 5.35. The molecule has 0 amide bonds. The summed E-state index contributed by atoms with van der Waals surface area (Å²) in [6.07, 6.45) is -0.693. The maximum atomic E-state index is 12.9. The molecule has 0 spiro atoms. The van der Waals surface area contributed by atoms with E-state index in [-0.39, 0.29) is 5.82 Å². The highest BCUT2D eigenvalue weighted by atomic mass is 19.1. The summed E-state index contributed by atoms with van der Waals surface area (Å²) in [4.78, 5) is 0. The third kappa shape index (κ3) is 2.12. The Morgan fingerprint density at radius 2 is 1.75 bits per heavy atom. The molecule has 82 valence electrons. The lowest BCUT2D eigenvalue weighted by Gasteiger charge is -2.13. The van der Waals surface area contributed by atoms with Crippen molar-refractivity contribution in [1.29, 1.82) is 0 Å². The molecule has 0 fully saturated rings. The van der Waals surface area contributed by atoms with Crippen LogP contribution in [0.25, 0.3) is 0 Å². The van der Waals surface area contributed by atoms with E-state index in [1.807, 2.05) is 30.3 Å². The summed E-state index contributed by atoms with van der Waals surface area (Å²) < 4.78 is 12.9. The van der Waals surface area contributed by atoms with Gasteiger partial charge in [-0.2, -0.15) is 0 Å². The fourth-order valence-electron chi connectivity index (χ4n) is 1.76. The first-order valence-corrected chi connectivity index (χ1v) is 5.17. The standard InChI is InChI=1S/C14H13FO/c1-10-9-12(15)7-8-13(10)14(16)11-5-3-2-4-6-11/h2-9,14,16H,1H3. The number of hydrogen-bond acceptors (Lipinski definition) is 1. The van der Waals surface area contributed by atoms with E-state index in [0.717, 1.165) is 16.7 Å². The van der Waals surface area contributed by atoms with Crippen molar-refractivity contribution in [3.05, 3.63) is 71.0 Å². The molecule has 2 aromatic rings. The normalized spacial score (nSPS) is 12.4. The second kappa shape index (κ2) is 4.45. The molecular formula is C14H13FO. The average molecular weight is 216 g/mol. The fourth-order valence-corrected chi connectivity index (χ4v) is 1.76. The molecule has 0 aliphatic rings. The van der Waals surface area contributed by atoms with E-state index >= 15 is 0 Å². The first-order chi connectivity index (χ1) is 7.68. The summed E-state index contributed by atoms with van der Waals surface area (Å²) in [7, 11) is 0. The second-order valence-corrected chi connectivity index (χ2v) is 3.81. The van der Waals surface area contributed by atoms with Crippen molar-refractivity contribution in [2.75, 3.05) is 0 Å². The highest BCUT2D eigenvalue weighted by Gasteiger charge is 2.12. The molecule has 0 aromatic heterocycles. The van der Waals surface area contributed by atoms with E-state index in [0.29, 0.717) is 0 Å². The predicted molar refractivity (Wildman–Crippen MR) is 61.6 cm³/mol. The fraction of sp³-hybridized carbons (Fsp3) is 0.143. The van der Waals surface area contributed by atoms with E-state index in [1.54, 1.807) is 13.0 Å². The molecule has 1 unspecified atom stereocenters. The number of benzene rings is 2. The summed E-state index contributed by atoms with van der Waals surface area (Å²) in [5, 5.41) is 10.1. The van der Waals surface area contributed by atoms with Crippen LogP contribution in [0, 0.1) is 12.7 Å².